The van der Waals surface area contributed by atoms with Crippen molar-refractivity contribution in [3.05, 3.63) is 34.1 Å². The highest BCUT2D eigenvalue weighted by atomic mass is 79.9. The quantitative estimate of drug-likeness (QED) is 0.446. The predicted molar refractivity (Wildman–Crippen MR) is 86.2 cm³/mol. The highest BCUT2D eigenvalue weighted by Crippen LogP contribution is 2.36. The Bertz CT molecular complexity index is 671. The highest BCUT2D eigenvalue weighted by molar-refractivity contribution is 9.09. The van der Waals surface area contributed by atoms with Crippen LogP contribution in [0.5, 0.6) is 5.75 Å². The van der Waals surface area contributed by atoms with Crippen molar-refractivity contribution in [3.63, 3.8) is 0 Å². The van der Waals surface area contributed by atoms with E-state index in [0.717, 1.165) is 16.5 Å². The molecule has 1 fully saturated rings. The van der Waals surface area contributed by atoms with E-state index >= 15 is 0 Å². The number of benzene rings is 1. The average Bonchev–Trinajstić information content (AvgIpc) is 2.74. The van der Waals surface area contributed by atoms with Crippen LogP contribution in [0.15, 0.2) is 23.3 Å². The van der Waals surface area contributed by atoms with Crippen LogP contribution in [0.25, 0.3) is 0 Å². The molecule has 1 saturated heterocycles. The number of carbonyl (C=O) groups is 2. The third-order valence-corrected chi connectivity index (χ3v) is 3.84. The van der Waals surface area contributed by atoms with E-state index in [2.05, 4.69) is 15.9 Å². The van der Waals surface area contributed by atoms with Crippen molar-refractivity contribution in [1.29, 1.82) is 0 Å². The summed E-state index contributed by atoms with van der Waals surface area (Å²) in [4.78, 5) is 25.2. The van der Waals surface area contributed by atoms with Gasteiger partial charge in [-0.1, -0.05) is 33.1 Å². The van der Waals surface area contributed by atoms with Crippen LogP contribution in [0, 0.1) is 5.82 Å². The molecule has 0 bridgehead atoms. The van der Waals surface area contributed by atoms with E-state index in [4.69, 9.17) is 16.3 Å². The van der Waals surface area contributed by atoms with Crippen LogP contribution in [-0.4, -0.2) is 23.8 Å². The SMILES string of the molecule is CC(C)=C1CC(=O)N(c2cc(OCCBr)c(Cl)cc2F)C1=O. The van der Waals surface area contributed by atoms with Gasteiger partial charge in [0.2, 0.25) is 5.91 Å². The third kappa shape index (κ3) is 3.17. The molecule has 2 amide bonds. The molecule has 7 heteroatoms. The van der Waals surface area contributed by atoms with Crippen LogP contribution < -0.4 is 9.64 Å². The molecule has 1 aliphatic heterocycles. The summed E-state index contributed by atoms with van der Waals surface area (Å²) in [6.07, 6.45) is -0.0270. The number of amides is 2. The summed E-state index contributed by atoms with van der Waals surface area (Å²) in [6, 6.07) is 2.32. The summed E-state index contributed by atoms with van der Waals surface area (Å²) < 4.78 is 19.5. The lowest BCUT2D eigenvalue weighted by Gasteiger charge is -2.17. The van der Waals surface area contributed by atoms with E-state index < -0.39 is 17.6 Å². The van der Waals surface area contributed by atoms with E-state index in [-0.39, 0.29) is 22.9 Å². The highest BCUT2D eigenvalue weighted by Gasteiger charge is 2.37. The summed E-state index contributed by atoms with van der Waals surface area (Å²) >= 11 is 9.12. The lowest BCUT2D eigenvalue weighted by Crippen LogP contribution is -2.30. The van der Waals surface area contributed by atoms with E-state index in [1.165, 1.54) is 6.07 Å². The maximum atomic E-state index is 14.2. The van der Waals surface area contributed by atoms with Crippen molar-refractivity contribution in [2.24, 2.45) is 0 Å². The van der Waals surface area contributed by atoms with Gasteiger partial charge in [0, 0.05) is 17.0 Å². The smallest absolute Gasteiger partial charge is 0.261 e. The molecule has 22 heavy (non-hydrogen) atoms. The van der Waals surface area contributed by atoms with Crippen LogP contribution in [0.3, 0.4) is 0 Å². The fraction of sp³-hybridized carbons (Fsp3) is 0.333. The zero-order valence-corrected chi connectivity index (χ0v) is 14.4. The first kappa shape index (κ1) is 17.0. The van der Waals surface area contributed by atoms with Crippen LogP contribution in [0.2, 0.25) is 5.02 Å². The largest absolute Gasteiger partial charge is 0.491 e. The van der Waals surface area contributed by atoms with E-state index in [1.54, 1.807) is 13.8 Å². The topological polar surface area (TPSA) is 46.6 Å². The monoisotopic (exact) mass is 389 g/mol. The van der Waals surface area contributed by atoms with Gasteiger partial charge in [0.15, 0.2) is 0 Å². The fourth-order valence-electron chi connectivity index (χ4n) is 2.14. The Morgan fingerprint density at radius 2 is 2.09 bits per heavy atom. The molecular formula is C15H14BrClFNO3. The van der Waals surface area contributed by atoms with E-state index in [9.17, 15) is 14.0 Å². The minimum atomic E-state index is -0.743. The number of hydrogen-bond acceptors (Lipinski definition) is 3. The summed E-state index contributed by atoms with van der Waals surface area (Å²) in [5.74, 6) is -1.48. The Labute approximate surface area is 141 Å². The van der Waals surface area contributed by atoms with Gasteiger partial charge in [-0.2, -0.15) is 0 Å². The molecule has 1 aromatic rings. The molecule has 0 saturated carbocycles. The maximum Gasteiger partial charge on any atom is 0.261 e. The zero-order chi connectivity index (χ0) is 16.4. The molecule has 1 aliphatic rings. The molecule has 0 aromatic heterocycles. The number of allylic oxidation sites excluding steroid dienone is 1. The van der Waals surface area contributed by atoms with Crippen molar-refractivity contribution >= 4 is 45.0 Å². The van der Waals surface area contributed by atoms with Gasteiger partial charge in [0.05, 0.1) is 23.7 Å². The van der Waals surface area contributed by atoms with Gasteiger partial charge in [-0.15, -0.1) is 0 Å². The Hall–Kier alpha value is -1.40. The minimum absolute atomic E-state index is 0.0270. The molecule has 2 rings (SSSR count). The molecular weight excluding hydrogens is 377 g/mol. The Morgan fingerprint density at radius 3 is 2.64 bits per heavy atom. The van der Waals surface area contributed by atoms with Crippen molar-refractivity contribution < 1.29 is 18.7 Å². The number of hydrogen-bond donors (Lipinski definition) is 0. The maximum absolute atomic E-state index is 14.2. The molecule has 1 aromatic carbocycles. The molecule has 0 N–H and O–H groups in total. The molecule has 118 valence electrons. The van der Waals surface area contributed by atoms with Crippen LogP contribution >= 0.6 is 27.5 Å². The molecule has 0 aliphatic carbocycles. The van der Waals surface area contributed by atoms with Gasteiger partial charge in [0.25, 0.3) is 5.91 Å². The van der Waals surface area contributed by atoms with Gasteiger partial charge < -0.3 is 4.74 Å². The van der Waals surface area contributed by atoms with Gasteiger partial charge in [-0.05, 0) is 19.9 Å². The molecule has 0 unspecified atom stereocenters. The number of nitrogens with zero attached hydrogens (tertiary/aromatic N) is 1. The lowest BCUT2D eigenvalue weighted by molar-refractivity contribution is -0.120. The van der Waals surface area contributed by atoms with Crippen LogP contribution in [-0.2, 0) is 9.59 Å². The number of imide groups is 1. The summed E-state index contributed by atoms with van der Waals surface area (Å²) in [5, 5.41) is 0.656. The zero-order valence-electron chi connectivity index (χ0n) is 12.1. The van der Waals surface area contributed by atoms with Crippen molar-refractivity contribution in [2.75, 3.05) is 16.8 Å². The number of carbonyl (C=O) groups excluding carboxylic acids is 2. The van der Waals surface area contributed by atoms with Crippen molar-refractivity contribution in [2.45, 2.75) is 20.3 Å². The van der Waals surface area contributed by atoms with E-state index in [1.807, 2.05) is 0 Å². The second-order valence-electron chi connectivity index (χ2n) is 4.96. The van der Waals surface area contributed by atoms with Crippen LogP contribution in [0.4, 0.5) is 10.1 Å². The molecule has 0 radical (unpaired) electrons. The number of ether oxygens (including phenoxy) is 1. The molecule has 0 spiro atoms. The second kappa shape index (κ2) is 6.79. The molecule has 1 heterocycles. The van der Waals surface area contributed by atoms with Gasteiger partial charge in [0.1, 0.15) is 11.6 Å². The first-order valence-corrected chi connectivity index (χ1v) is 8.08. The average molecular weight is 391 g/mol. The molecule has 0 atom stereocenters. The summed E-state index contributed by atoms with van der Waals surface area (Å²) in [6.45, 7) is 3.81. The van der Waals surface area contributed by atoms with Crippen molar-refractivity contribution in [3.8, 4) is 5.75 Å². The number of alkyl halides is 1. The Kier molecular flexibility index (Phi) is 5.24. The summed E-state index contributed by atoms with van der Waals surface area (Å²) in [5.41, 5.74) is 0.994. The van der Waals surface area contributed by atoms with Crippen LogP contribution in [0.1, 0.15) is 20.3 Å². The minimum Gasteiger partial charge on any atom is -0.491 e. The van der Waals surface area contributed by atoms with E-state index in [0.29, 0.717) is 17.5 Å². The van der Waals surface area contributed by atoms with Gasteiger partial charge >= 0.3 is 0 Å². The number of rotatable bonds is 4. The summed E-state index contributed by atoms with van der Waals surface area (Å²) in [7, 11) is 0. The molecule has 4 nitrogen and oxygen atoms in total. The van der Waals surface area contributed by atoms with Gasteiger partial charge in [-0.3, -0.25) is 9.59 Å². The standard InChI is InChI=1S/C15H14BrClFNO3/c1-8(2)9-5-14(20)19(15(9)21)12-7-13(22-4-3-16)10(17)6-11(12)18/h6-7H,3-5H2,1-2H3. The predicted octanol–water partition coefficient (Wildman–Crippen LogP) is 3.85. The van der Waals surface area contributed by atoms with Crippen molar-refractivity contribution in [1.82, 2.24) is 0 Å². The first-order valence-electron chi connectivity index (χ1n) is 6.58. The van der Waals surface area contributed by atoms with Gasteiger partial charge in [-0.25, -0.2) is 9.29 Å². The normalized spacial score (nSPS) is 14.8. The number of halogens is 3. The fourth-order valence-corrected chi connectivity index (χ4v) is 2.50. The number of anilines is 1. The second-order valence-corrected chi connectivity index (χ2v) is 6.16. The Balaban J connectivity index is 2.46. The Morgan fingerprint density at radius 1 is 1.41 bits per heavy atom. The third-order valence-electron chi connectivity index (χ3n) is 3.22. The lowest BCUT2D eigenvalue weighted by atomic mass is 10.1. The first-order chi connectivity index (χ1) is 10.4.